The van der Waals surface area contributed by atoms with Crippen LogP contribution in [0, 0.1) is 5.92 Å². The number of aliphatic hydroxyl groups is 1. The summed E-state index contributed by atoms with van der Waals surface area (Å²) in [5.74, 6) is 0.696. The molecule has 0 aromatic rings. The average Bonchev–Trinajstić information content (AvgIpc) is 2.05. The minimum Gasteiger partial charge on any atom is -0.393 e. The van der Waals surface area contributed by atoms with Crippen LogP contribution in [0.15, 0.2) is 0 Å². The summed E-state index contributed by atoms with van der Waals surface area (Å²) < 4.78 is 0. The molecule has 0 saturated heterocycles. The summed E-state index contributed by atoms with van der Waals surface area (Å²) >= 11 is 0. The molecule has 0 radical (unpaired) electrons. The van der Waals surface area contributed by atoms with Crippen molar-refractivity contribution in [3.63, 3.8) is 0 Å². The third-order valence-corrected chi connectivity index (χ3v) is 2.60. The van der Waals surface area contributed by atoms with Gasteiger partial charge in [0.05, 0.1) is 6.10 Å². The van der Waals surface area contributed by atoms with Gasteiger partial charge < -0.3 is 5.11 Å². The van der Waals surface area contributed by atoms with Gasteiger partial charge in [-0.2, -0.15) is 0 Å². The van der Waals surface area contributed by atoms with E-state index >= 15 is 0 Å². The van der Waals surface area contributed by atoms with Crippen molar-refractivity contribution in [2.45, 2.75) is 71.8 Å². The highest BCUT2D eigenvalue weighted by Gasteiger charge is 2.08. The molecule has 0 saturated carbocycles. The molecule has 0 aliphatic rings. The number of hydrogen-bond donors (Lipinski definition) is 1. The molecule has 2 unspecified atom stereocenters. The molecule has 0 aliphatic carbocycles. The van der Waals surface area contributed by atoms with E-state index in [1.807, 2.05) is 0 Å². The fourth-order valence-electron chi connectivity index (χ4n) is 1.82. The summed E-state index contributed by atoms with van der Waals surface area (Å²) in [5, 5.41) is 9.67. The summed E-state index contributed by atoms with van der Waals surface area (Å²) in [6.45, 7) is 6.65. The minimum atomic E-state index is -0.0481. The van der Waals surface area contributed by atoms with Crippen LogP contribution in [0.4, 0.5) is 0 Å². The zero-order valence-corrected chi connectivity index (χ0v) is 9.55. The minimum absolute atomic E-state index is 0.0481. The number of unbranched alkanes of at least 4 members (excludes halogenated alkanes) is 2. The second-order valence-corrected chi connectivity index (χ2v) is 4.28. The van der Waals surface area contributed by atoms with Gasteiger partial charge in [0, 0.05) is 0 Å². The molecule has 0 rings (SSSR count). The van der Waals surface area contributed by atoms with Gasteiger partial charge in [0.1, 0.15) is 0 Å². The van der Waals surface area contributed by atoms with Gasteiger partial charge in [0.15, 0.2) is 0 Å². The molecule has 0 bridgehead atoms. The molecule has 80 valence electrons. The van der Waals surface area contributed by atoms with Crippen LogP contribution in [0.25, 0.3) is 0 Å². The second-order valence-electron chi connectivity index (χ2n) is 4.28. The molecule has 0 spiro atoms. The van der Waals surface area contributed by atoms with E-state index in [9.17, 15) is 5.11 Å². The first-order valence-corrected chi connectivity index (χ1v) is 5.88. The predicted molar refractivity (Wildman–Crippen MR) is 58.8 cm³/mol. The van der Waals surface area contributed by atoms with Gasteiger partial charge in [0.25, 0.3) is 0 Å². The summed E-state index contributed by atoms with van der Waals surface area (Å²) in [7, 11) is 0. The molecule has 0 aromatic carbocycles. The molecule has 1 heteroatoms. The Morgan fingerprint density at radius 2 is 1.69 bits per heavy atom. The monoisotopic (exact) mass is 186 g/mol. The van der Waals surface area contributed by atoms with E-state index in [0.29, 0.717) is 5.92 Å². The fourth-order valence-corrected chi connectivity index (χ4v) is 1.82. The molecule has 2 atom stereocenters. The van der Waals surface area contributed by atoms with Crippen LogP contribution in [0.3, 0.4) is 0 Å². The Kier molecular flexibility index (Phi) is 8.53. The highest BCUT2D eigenvalue weighted by atomic mass is 16.3. The van der Waals surface area contributed by atoms with E-state index in [1.165, 1.54) is 32.1 Å². The van der Waals surface area contributed by atoms with Crippen LogP contribution >= 0.6 is 0 Å². The van der Waals surface area contributed by atoms with E-state index in [1.54, 1.807) is 0 Å². The van der Waals surface area contributed by atoms with Gasteiger partial charge in [-0.1, -0.05) is 52.9 Å². The standard InChI is InChI=1S/C12H26O/c1-4-6-7-9-12(13)10-11(3)8-5-2/h11-13H,4-10H2,1-3H3. The molecule has 0 aliphatic heterocycles. The van der Waals surface area contributed by atoms with Gasteiger partial charge in [0.2, 0.25) is 0 Å². The quantitative estimate of drug-likeness (QED) is 0.572. The molecule has 0 amide bonds. The van der Waals surface area contributed by atoms with Crippen molar-refractivity contribution in [1.82, 2.24) is 0 Å². The van der Waals surface area contributed by atoms with Crippen molar-refractivity contribution in [2.24, 2.45) is 5.92 Å². The first-order chi connectivity index (χ1) is 6.20. The predicted octanol–water partition coefficient (Wildman–Crippen LogP) is 3.75. The van der Waals surface area contributed by atoms with E-state index in [4.69, 9.17) is 0 Å². The second kappa shape index (κ2) is 8.55. The van der Waals surface area contributed by atoms with Crippen LogP contribution in [-0.2, 0) is 0 Å². The fraction of sp³-hybridized carbons (Fsp3) is 1.00. The Bertz CT molecular complexity index is 101. The third-order valence-electron chi connectivity index (χ3n) is 2.60. The average molecular weight is 186 g/mol. The highest BCUT2D eigenvalue weighted by Crippen LogP contribution is 2.16. The lowest BCUT2D eigenvalue weighted by Gasteiger charge is -2.15. The molecular weight excluding hydrogens is 160 g/mol. The van der Waals surface area contributed by atoms with Crippen LogP contribution in [0.2, 0.25) is 0 Å². The Morgan fingerprint density at radius 3 is 2.23 bits per heavy atom. The summed E-state index contributed by atoms with van der Waals surface area (Å²) in [5.41, 5.74) is 0. The van der Waals surface area contributed by atoms with Crippen molar-refractivity contribution >= 4 is 0 Å². The number of rotatable bonds is 8. The Balaban J connectivity index is 3.32. The van der Waals surface area contributed by atoms with Crippen molar-refractivity contribution in [3.05, 3.63) is 0 Å². The summed E-state index contributed by atoms with van der Waals surface area (Å²) in [6, 6.07) is 0. The Hall–Kier alpha value is -0.0400. The number of aliphatic hydroxyl groups excluding tert-OH is 1. The number of hydrogen-bond acceptors (Lipinski definition) is 1. The zero-order valence-electron chi connectivity index (χ0n) is 9.55. The summed E-state index contributed by atoms with van der Waals surface area (Å²) in [6.07, 6.45) is 8.15. The smallest absolute Gasteiger partial charge is 0.0542 e. The summed E-state index contributed by atoms with van der Waals surface area (Å²) in [4.78, 5) is 0. The SMILES string of the molecule is CCCCCC(O)CC(C)CCC. The van der Waals surface area contributed by atoms with Crippen molar-refractivity contribution < 1.29 is 5.11 Å². The van der Waals surface area contributed by atoms with Crippen molar-refractivity contribution in [2.75, 3.05) is 0 Å². The van der Waals surface area contributed by atoms with Crippen LogP contribution in [-0.4, -0.2) is 11.2 Å². The van der Waals surface area contributed by atoms with Crippen molar-refractivity contribution in [1.29, 1.82) is 0 Å². The molecule has 13 heavy (non-hydrogen) atoms. The van der Waals surface area contributed by atoms with E-state index < -0.39 is 0 Å². The normalized spacial score (nSPS) is 15.7. The highest BCUT2D eigenvalue weighted by molar-refractivity contribution is 4.61. The Morgan fingerprint density at radius 1 is 1.00 bits per heavy atom. The lowest BCUT2D eigenvalue weighted by molar-refractivity contribution is 0.131. The van der Waals surface area contributed by atoms with Gasteiger partial charge in [-0.05, 0) is 18.8 Å². The Labute approximate surface area is 83.5 Å². The van der Waals surface area contributed by atoms with E-state index in [-0.39, 0.29) is 6.10 Å². The van der Waals surface area contributed by atoms with Crippen LogP contribution in [0.1, 0.15) is 65.7 Å². The van der Waals surface area contributed by atoms with E-state index in [2.05, 4.69) is 20.8 Å². The first-order valence-electron chi connectivity index (χ1n) is 5.88. The molecule has 1 nitrogen and oxygen atoms in total. The molecular formula is C12H26O. The maximum absolute atomic E-state index is 9.67. The van der Waals surface area contributed by atoms with Gasteiger partial charge in [-0.15, -0.1) is 0 Å². The van der Waals surface area contributed by atoms with E-state index in [0.717, 1.165) is 12.8 Å². The maximum atomic E-state index is 9.67. The first kappa shape index (κ1) is 13.0. The zero-order chi connectivity index (χ0) is 10.1. The molecule has 0 heterocycles. The van der Waals surface area contributed by atoms with Gasteiger partial charge in [-0.25, -0.2) is 0 Å². The third kappa shape index (κ3) is 8.29. The molecule has 0 fully saturated rings. The maximum Gasteiger partial charge on any atom is 0.0542 e. The van der Waals surface area contributed by atoms with Gasteiger partial charge in [-0.3, -0.25) is 0 Å². The molecule has 1 N–H and O–H groups in total. The largest absolute Gasteiger partial charge is 0.393 e. The molecule has 0 aromatic heterocycles. The topological polar surface area (TPSA) is 20.2 Å². The lowest BCUT2D eigenvalue weighted by Crippen LogP contribution is -2.11. The van der Waals surface area contributed by atoms with Crippen LogP contribution in [0.5, 0.6) is 0 Å². The van der Waals surface area contributed by atoms with Gasteiger partial charge >= 0.3 is 0 Å². The van der Waals surface area contributed by atoms with Crippen molar-refractivity contribution in [3.8, 4) is 0 Å². The van der Waals surface area contributed by atoms with Crippen LogP contribution < -0.4 is 0 Å². The lowest BCUT2D eigenvalue weighted by atomic mass is 9.96.